The Labute approximate surface area is 147 Å². The smallest absolute Gasteiger partial charge is 0.368 e. The summed E-state index contributed by atoms with van der Waals surface area (Å²) >= 11 is 0. The van der Waals surface area contributed by atoms with Crippen LogP contribution in [0.1, 0.15) is 60.8 Å². The van der Waals surface area contributed by atoms with Gasteiger partial charge in [0.1, 0.15) is 5.31 Å². The molecule has 0 fully saturated rings. The van der Waals surface area contributed by atoms with E-state index >= 15 is 0 Å². The van der Waals surface area contributed by atoms with E-state index in [0.717, 1.165) is 12.8 Å². The summed E-state index contributed by atoms with van der Waals surface area (Å²) in [6.45, 7) is 12.0. The second-order valence-electron chi connectivity index (χ2n) is 5.84. The molecule has 0 N–H and O–H groups in total. The lowest BCUT2D eigenvalue weighted by molar-refractivity contribution is -0.137. The Morgan fingerprint density at radius 3 is 2.08 bits per heavy atom. The van der Waals surface area contributed by atoms with E-state index in [1.807, 2.05) is 0 Å². The maximum absolute atomic E-state index is 12.9. The van der Waals surface area contributed by atoms with E-state index < -0.39 is 13.6 Å². The molecule has 5 nitrogen and oxygen atoms in total. The van der Waals surface area contributed by atoms with Crippen LogP contribution in [0.5, 0.6) is 0 Å². The molecule has 0 rings (SSSR count). The molecule has 0 aliphatic rings. The highest BCUT2D eigenvalue weighted by Crippen LogP contribution is 2.56. The number of hydrogen-bond acceptors (Lipinski definition) is 5. The molecule has 1 unspecified atom stereocenters. The van der Waals surface area contributed by atoms with E-state index in [4.69, 9.17) is 13.8 Å². The van der Waals surface area contributed by atoms with Crippen LogP contribution in [-0.4, -0.2) is 25.8 Å². The third-order valence-electron chi connectivity index (χ3n) is 3.30. The number of hydrogen-bond donors (Lipinski definition) is 0. The van der Waals surface area contributed by atoms with E-state index in [-0.39, 0.29) is 25.1 Å². The Morgan fingerprint density at radius 1 is 1.04 bits per heavy atom. The summed E-state index contributed by atoms with van der Waals surface area (Å²) in [4.78, 5) is 12.2. The molecule has 0 spiro atoms. The fourth-order valence-corrected chi connectivity index (χ4v) is 3.77. The van der Waals surface area contributed by atoms with Crippen LogP contribution >= 0.6 is 7.60 Å². The highest BCUT2D eigenvalue weighted by Gasteiger charge is 2.35. The lowest BCUT2D eigenvalue weighted by Gasteiger charge is -2.19. The number of esters is 1. The van der Waals surface area contributed by atoms with Crippen LogP contribution in [0.3, 0.4) is 0 Å². The number of carbonyl (C=O) groups is 1. The highest BCUT2D eigenvalue weighted by atomic mass is 31.2. The highest BCUT2D eigenvalue weighted by molar-refractivity contribution is 7.59. The van der Waals surface area contributed by atoms with Gasteiger partial charge in [0.15, 0.2) is 0 Å². The van der Waals surface area contributed by atoms with E-state index in [2.05, 4.69) is 26.8 Å². The van der Waals surface area contributed by atoms with Crippen LogP contribution in [0.4, 0.5) is 0 Å². The normalized spacial score (nSPS) is 13.5. The minimum Gasteiger partial charge on any atom is -0.462 e. The summed E-state index contributed by atoms with van der Waals surface area (Å²) in [5.74, 6) is -0.277. The molecule has 6 heteroatoms. The monoisotopic (exact) mass is 360 g/mol. The van der Waals surface area contributed by atoms with Gasteiger partial charge in [-0.25, -0.2) is 4.79 Å². The Morgan fingerprint density at radius 2 is 1.62 bits per heavy atom. The lowest BCUT2D eigenvalue weighted by atomic mass is 10.0. The van der Waals surface area contributed by atoms with Crippen molar-refractivity contribution in [1.82, 2.24) is 0 Å². The van der Waals surface area contributed by atoms with Crippen molar-refractivity contribution in [2.45, 2.75) is 60.8 Å². The quantitative estimate of drug-likeness (QED) is 0.200. The Kier molecular flexibility index (Phi) is 12.0. The van der Waals surface area contributed by atoms with Crippen LogP contribution in [0.25, 0.3) is 0 Å². The summed E-state index contributed by atoms with van der Waals surface area (Å²) < 4.78 is 28.6. The predicted octanol–water partition coefficient (Wildman–Crippen LogP) is 5.47. The van der Waals surface area contributed by atoms with Crippen LogP contribution in [0, 0.1) is 5.92 Å². The van der Waals surface area contributed by atoms with Gasteiger partial charge in [0.2, 0.25) is 0 Å². The number of allylic oxidation sites excluding steroid dienone is 3. The van der Waals surface area contributed by atoms with Crippen molar-refractivity contribution in [3.8, 4) is 0 Å². The summed E-state index contributed by atoms with van der Waals surface area (Å²) in [5, 5.41) is 0.0158. The average molecular weight is 360 g/mol. The first-order valence-electron chi connectivity index (χ1n) is 8.70. The van der Waals surface area contributed by atoms with Gasteiger partial charge in [-0.2, -0.15) is 0 Å². The SMILES string of the molecule is CCOC(=O)/C(=C\CC(C)CCC=C(C)C)P(=O)(OCC)OCC. The topological polar surface area (TPSA) is 61.8 Å². The molecule has 0 aromatic heterocycles. The Balaban J connectivity index is 5.21. The van der Waals surface area contributed by atoms with Crippen molar-refractivity contribution in [3.63, 3.8) is 0 Å². The van der Waals surface area contributed by atoms with E-state index in [1.165, 1.54) is 5.57 Å². The molecule has 0 aliphatic heterocycles. The molecule has 0 saturated carbocycles. The van der Waals surface area contributed by atoms with Crippen LogP contribution < -0.4 is 0 Å². The zero-order valence-electron chi connectivity index (χ0n) is 16.0. The van der Waals surface area contributed by atoms with Gasteiger partial charge < -0.3 is 13.8 Å². The molecule has 1 atom stereocenters. The summed E-state index contributed by atoms with van der Waals surface area (Å²) in [5.41, 5.74) is 1.29. The van der Waals surface area contributed by atoms with Crippen molar-refractivity contribution in [2.24, 2.45) is 5.92 Å². The average Bonchev–Trinajstić information content (AvgIpc) is 2.47. The molecule has 0 aromatic rings. The van der Waals surface area contributed by atoms with Gasteiger partial charge in [-0.3, -0.25) is 4.57 Å². The molecule has 0 bridgehead atoms. The van der Waals surface area contributed by atoms with Crippen molar-refractivity contribution in [2.75, 3.05) is 19.8 Å². The molecule has 0 heterocycles. The van der Waals surface area contributed by atoms with Gasteiger partial charge in [0.25, 0.3) is 0 Å². The van der Waals surface area contributed by atoms with Crippen LogP contribution in [0.2, 0.25) is 0 Å². The molecule has 140 valence electrons. The zero-order chi connectivity index (χ0) is 18.6. The Bertz CT molecular complexity index is 468. The first-order valence-corrected chi connectivity index (χ1v) is 10.2. The van der Waals surface area contributed by atoms with Gasteiger partial charge in [0, 0.05) is 0 Å². The second kappa shape index (κ2) is 12.5. The maximum Gasteiger partial charge on any atom is 0.368 e. The van der Waals surface area contributed by atoms with Gasteiger partial charge in [-0.05, 0) is 59.8 Å². The largest absolute Gasteiger partial charge is 0.462 e. The van der Waals surface area contributed by atoms with E-state index in [1.54, 1.807) is 26.8 Å². The van der Waals surface area contributed by atoms with Gasteiger partial charge >= 0.3 is 13.6 Å². The fraction of sp³-hybridized carbons (Fsp3) is 0.722. The van der Waals surface area contributed by atoms with Crippen LogP contribution in [0.15, 0.2) is 23.0 Å². The maximum atomic E-state index is 12.9. The van der Waals surface area contributed by atoms with E-state index in [9.17, 15) is 9.36 Å². The minimum absolute atomic E-state index is 0.0158. The first kappa shape index (κ1) is 23.1. The van der Waals surface area contributed by atoms with Gasteiger partial charge in [-0.15, -0.1) is 0 Å². The van der Waals surface area contributed by atoms with Gasteiger partial charge in [0.05, 0.1) is 19.8 Å². The molecular formula is C18H33O5P. The number of rotatable bonds is 12. The van der Waals surface area contributed by atoms with Crippen LogP contribution in [-0.2, 0) is 23.1 Å². The van der Waals surface area contributed by atoms with Crippen molar-refractivity contribution in [1.29, 1.82) is 0 Å². The van der Waals surface area contributed by atoms with Crippen molar-refractivity contribution < 1.29 is 23.1 Å². The van der Waals surface area contributed by atoms with Gasteiger partial charge in [-0.1, -0.05) is 24.6 Å². The first-order chi connectivity index (χ1) is 11.3. The molecule has 0 aliphatic carbocycles. The van der Waals surface area contributed by atoms with Crippen molar-refractivity contribution in [3.05, 3.63) is 23.0 Å². The third-order valence-corrected chi connectivity index (χ3v) is 5.45. The molecule has 0 amide bonds. The van der Waals surface area contributed by atoms with Crippen molar-refractivity contribution >= 4 is 13.6 Å². The number of carbonyl (C=O) groups excluding carboxylic acids is 1. The summed E-state index contributed by atoms with van der Waals surface area (Å²) in [6, 6.07) is 0. The van der Waals surface area contributed by atoms with E-state index in [0.29, 0.717) is 12.3 Å². The predicted molar refractivity (Wildman–Crippen MR) is 98.0 cm³/mol. The third kappa shape index (κ3) is 8.81. The summed E-state index contributed by atoms with van der Waals surface area (Å²) in [6.07, 6.45) is 6.45. The standard InChI is InChI=1S/C18H33O5P/c1-7-21-18(19)17(24(20,22-8-2)23-9-3)14-13-16(6)12-10-11-15(4)5/h11,14,16H,7-10,12-13H2,1-6H3/b17-14+. The number of ether oxygens (including phenoxy) is 1. The zero-order valence-corrected chi connectivity index (χ0v) is 16.9. The molecule has 0 radical (unpaired) electrons. The lowest BCUT2D eigenvalue weighted by Crippen LogP contribution is -2.12. The molecule has 24 heavy (non-hydrogen) atoms. The minimum atomic E-state index is -3.64. The molecule has 0 aromatic carbocycles. The second-order valence-corrected chi connectivity index (χ2v) is 7.84. The Hall–Kier alpha value is -0.900. The fourth-order valence-electron chi connectivity index (χ4n) is 2.12. The molecule has 0 saturated heterocycles. The molecular weight excluding hydrogens is 327 g/mol. The summed E-state index contributed by atoms with van der Waals surface area (Å²) in [7, 11) is -3.64.